The smallest absolute Gasteiger partial charge is 0.366 e. The van der Waals surface area contributed by atoms with Crippen LogP contribution in [0.25, 0.3) is 0 Å². The normalized spacial score (nSPS) is 24.4. The van der Waals surface area contributed by atoms with Crippen molar-refractivity contribution < 1.29 is 22.8 Å². The first-order valence-corrected chi connectivity index (χ1v) is 13.1. The average molecular weight is 553 g/mol. The number of alkyl halides is 3. The van der Waals surface area contributed by atoms with Gasteiger partial charge in [0, 0.05) is 63.2 Å². The molecule has 2 saturated heterocycles. The molecule has 1 aliphatic carbocycles. The van der Waals surface area contributed by atoms with Crippen molar-refractivity contribution in [3.63, 3.8) is 0 Å². The van der Waals surface area contributed by atoms with Crippen LogP contribution in [0, 0.1) is 11.8 Å². The SMILES string of the molecule is O=C1[C@H](CC(=O)N2CCN(c3ccc(Cl)cn3)CC2)CC[C@@H]1[C@@H]1CCCN1c1cn[nH]c(=O)c1C(F)(F)F. The molecule has 38 heavy (non-hydrogen) atoms. The first kappa shape index (κ1) is 26.5. The molecule has 0 aromatic carbocycles. The summed E-state index contributed by atoms with van der Waals surface area (Å²) in [5.74, 6) is -0.311. The largest absolute Gasteiger partial charge is 0.423 e. The lowest BCUT2D eigenvalue weighted by Crippen LogP contribution is -2.49. The van der Waals surface area contributed by atoms with Crippen LogP contribution in [0.4, 0.5) is 24.7 Å². The van der Waals surface area contributed by atoms with E-state index >= 15 is 0 Å². The second-order valence-corrected chi connectivity index (χ2v) is 10.5. The molecule has 9 nitrogen and oxygen atoms in total. The van der Waals surface area contributed by atoms with Gasteiger partial charge in [-0.1, -0.05) is 11.6 Å². The molecule has 2 aromatic rings. The molecule has 0 radical (unpaired) electrons. The van der Waals surface area contributed by atoms with E-state index in [0.29, 0.717) is 63.4 Å². The summed E-state index contributed by atoms with van der Waals surface area (Å²) in [5, 5.41) is 6.01. The summed E-state index contributed by atoms with van der Waals surface area (Å²) in [5.41, 5.74) is -2.87. The Morgan fingerprint density at radius 2 is 1.82 bits per heavy atom. The van der Waals surface area contributed by atoms with Crippen molar-refractivity contribution in [2.24, 2.45) is 11.8 Å². The van der Waals surface area contributed by atoms with E-state index in [-0.39, 0.29) is 23.8 Å². The number of carbonyl (C=O) groups is 2. The van der Waals surface area contributed by atoms with Crippen LogP contribution in [0.2, 0.25) is 5.02 Å². The first-order chi connectivity index (χ1) is 18.1. The fourth-order valence-corrected chi connectivity index (χ4v) is 6.13. The van der Waals surface area contributed by atoms with Gasteiger partial charge < -0.3 is 14.7 Å². The molecule has 2 aromatic heterocycles. The summed E-state index contributed by atoms with van der Waals surface area (Å²) < 4.78 is 41.0. The Morgan fingerprint density at radius 1 is 1.05 bits per heavy atom. The van der Waals surface area contributed by atoms with Crippen molar-refractivity contribution >= 4 is 34.8 Å². The Balaban J connectivity index is 1.21. The van der Waals surface area contributed by atoms with Gasteiger partial charge in [-0.15, -0.1) is 0 Å². The van der Waals surface area contributed by atoms with Crippen molar-refractivity contribution in [1.29, 1.82) is 0 Å². The van der Waals surface area contributed by atoms with Gasteiger partial charge in [-0.25, -0.2) is 10.1 Å². The highest BCUT2D eigenvalue weighted by molar-refractivity contribution is 6.30. The minimum atomic E-state index is -4.85. The molecule has 0 unspecified atom stereocenters. The number of aromatic amines is 1. The Hall–Kier alpha value is -3.15. The minimum absolute atomic E-state index is 0.0781. The molecule has 3 fully saturated rings. The number of halogens is 4. The molecule has 1 saturated carbocycles. The summed E-state index contributed by atoms with van der Waals surface area (Å²) in [7, 11) is 0. The maximum Gasteiger partial charge on any atom is 0.423 e. The van der Waals surface area contributed by atoms with E-state index in [1.54, 1.807) is 17.2 Å². The highest BCUT2D eigenvalue weighted by atomic mass is 35.5. The second-order valence-electron chi connectivity index (χ2n) is 10.0. The number of piperazine rings is 1. The predicted molar refractivity (Wildman–Crippen MR) is 134 cm³/mol. The van der Waals surface area contributed by atoms with Crippen LogP contribution < -0.4 is 15.4 Å². The van der Waals surface area contributed by atoms with Gasteiger partial charge in [-0.05, 0) is 37.8 Å². The highest BCUT2D eigenvalue weighted by Crippen LogP contribution is 2.42. The molecular formula is C25H28ClF3N6O3. The van der Waals surface area contributed by atoms with Crippen LogP contribution in [0.3, 0.4) is 0 Å². The summed E-state index contributed by atoms with van der Waals surface area (Å²) in [6.07, 6.45) is 0.0278. The molecule has 2 aliphatic heterocycles. The van der Waals surface area contributed by atoms with Crippen LogP contribution in [0.1, 0.15) is 37.7 Å². The fourth-order valence-electron chi connectivity index (χ4n) is 6.02. The van der Waals surface area contributed by atoms with Gasteiger partial charge in [0.25, 0.3) is 5.56 Å². The number of Topliss-reactive ketones (excluding diaryl/α,β-unsaturated/α-hetero) is 1. The fraction of sp³-hybridized carbons (Fsp3) is 0.560. The number of hydrogen-bond acceptors (Lipinski definition) is 7. The second kappa shape index (κ2) is 10.5. The number of ketones is 1. The van der Waals surface area contributed by atoms with Gasteiger partial charge in [0.2, 0.25) is 5.91 Å². The number of pyridine rings is 1. The Kier molecular flexibility index (Phi) is 7.34. The maximum absolute atomic E-state index is 13.7. The van der Waals surface area contributed by atoms with Crippen LogP contribution in [-0.2, 0) is 15.8 Å². The van der Waals surface area contributed by atoms with Gasteiger partial charge >= 0.3 is 6.18 Å². The molecule has 13 heteroatoms. The van der Waals surface area contributed by atoms with Crippen molar-refractivity contribution in [1.82, 2.24) is 20.1 Å². The lowest BCUT2D eigenvalue weighted by atomic mass is 9.91. The Labute approximate surface area is 222 Å². The molecule has 204 valence electrons. The third-order valence-corrected chi connectivity index (χ3v) is 8.10. The molecule has 0 bridgehead atoms. The number of nitrogens with one attached hydrogen (secondary N) is 1. The number of H-pyrrole nitrogens is 1. The zero-order chi connectivity index (χ0) is 27.0. The number of rotatable bonds is 5. The Bertz CT molecular complexity index is 1250. The van der Waals surface area contributed by atoms with Crippen LogP contribution in [-0.4, -0.2) is 70.5 Å². The van der Waals surface area contributed by atoms with E-state index < -0.39 is 35.2 Å². The van der Waals surface area contributed by atoms with E-state index in [0.717, 1.165) is 12.0 Å². The zero-order valence-electron chi connectivity index (χ0n) is 20.6. The highest BCUT2D eigenvalue weighted by Gasteiger charge is 2.46. The lowest BCUT2D eigenvalue weighted by Gasteiger charge is -2.36. The van der Waals surface area contributed by atoms with E-state index in [2.05, 4.69) is 15.0 Å². The molecule has 0 spiro atoms. The number of carbonyl (C=O) groups excluding carboxylic acids is 2. The van der Waals surface area contributed by atoms with Gasteiger partial charge in [-0.2, -0.15) is 18.3 Å². The van der Waals surface area contributed by atoms with E-state index in [1.807, 2.05) is 11.2 Å². The number of nitrogens with zero attached hydrogens (tertiary/aromatic N) is 5. The summed E-state index contributed by atoms with van der Waals surface area (Å²) in [4.78, 5) is 48.1. The Morgan fingerprint density at radius 3 is 2.50 bits per heavy atom. The zero-order valence-corrected chi connectivity index (χ0v) is 21.3. The van der Waals surface area contributed by atoms with Crippen molar-refractivity contribution in [2.45, 2.75) is 44.3 Å². The van der Waals surface area contributed by atoms with Crippen LogP contribution in [0.15, 0.2) is 29.3 Å². The van der Waals surface area contributed by atoms with Crippen molar-refractivity contribution in [3.05, 3.63) is 45.5 Å². The van der Waals surface area contributed by atoms with Crippen molar-refractivity contribution in [2.75, 3.05) is 42.5 Å². The number of anilines is 2. The molecule has 5 rings (SSSR count). The molecule has 1 N–H and O–H groups in total. The molecule has 3 aliphatic rings. The third-order valence-electron chi connectivity index (χ3n) is 7.88. The third kappa shape index (κ3) is 5.23. The van der Waals surface area contributed by atoms with Crippen LogP contribution in [0.5, 0.6) is 0 Å². The first-order valence-electron chi connectivity index (χ1n) is 12.7. The average Bonchev–Trinajstić information content (AvgIpc) is 3.50. The van der Waals surface area contributed by atoms with Crippen molar-refractivity contribution in [3.8, 4) is 0 Å². The lowest BCUT2D eigenvalue weighted by molar-refractivity contribution is -0.138. The predicted octanol–water partition coefficient (Wildman–Crippen LogP) is 3.14. The van der Waals surface area contributed by atoms with E-state index in [4.69, 9.17) is 11.6 Å². The molecule has 3 atom stereocenters. The van der Waals surface area contributed by atoms with Crippen LogP contribution >= 0.6 is 11.6 Å². The maximum atomic E-state index is 13.7. The molecule has 1 amide bonds. The number of aromatic nitrogens is 3. The molecular weight excluding hydrogens is 525 g/mol. The van der Waals surface area contributed by atoms with E-state index in [1.165, 1.54) is 4.90 Å². The topological polar surface area (TPSA) is 102 Å². The number of hydrogen-bond donors (Lipinski definition) is 1. The summed E-state index contributed by atoms with van der Waals surface area (Å²) >= 11 is 5.90. The quantitative estimate of drug-likeness (QED) is 0.608. The minimum Gasteiger partial charge on any atom is -0.366 e. The standard InChI is InChI=1S/C25H28ClF3N6O3/c26-16-4-6-20(30-13-16)33-8-10-34(11-9-33)21(36)12-15-3-5-17(23(15)37)18-2-1-7-35(18)19-14-31-32-24(38)22(19)25(27,28)29/h4,6,13-15,17-18H,1-3,5,7-12H2,(H,32,38)/t15-,17+,18-/m0/s1. The van der Waals surface area contributed by atoms with E-state index in [9.17, 15) is 27.6 Å². The summed E-state index contributed by atoms with van der Waals surface area (Å²) in [6.45, 7) is 2.56. The van der Waals surface area contributed by atoms with Gasteiger partial charge in [-0.3, -0.25) is 14.4 Å². The van der Waals surface area contributed by atoms with Gasteiger partial charge in [0.05, 0.1) is 16.9 Å². The van der Waals surface area contributed by atoms with Gasteiger partial charge in [0.1, 0.15) is 17.2 Å². The number of amides is 1. The van der Waals surface area contributed by atoms with Gasteiger partial charge in [0.15, 0.2) is 0 Å². The summed E-state index contributed by atoms with van der Waals surface area (Å²) in [6, 6.07) is 3.15. The molecule has 4 heterocycles. The monoisotopic (exact) mass is 552 g/mol.